The Bertz CT molecular complexity index is 1050. The Labute approximate surface area is 150 Å². The number of carbonyl (C=O) groups is 1. The number of nitrogens with one attached hydrogen (secondary N) is 1. The van der Waals surface area contributed by atoms with Crippen LogP contribution in [0.4, 0.5) is 0 Å². The molecule has 132 valence electrons. The van der Waals surface area contributed by atoms with Gasteiger partial charge in [-0.2, -0.15) is 5.10 Å². The average Bonchev–Trinajstić information content (AvgIpc) is 2.65. The van der Waals surface area contributed by atoms with Gasteiger partial charge in [0.05, 0.1) is 18.4 Å². The van der Waals surface area contributed by atoms with Crippen molar-refractivity contribution in [2.24, 2.45) is 5.10 Å². The summed E-state index contributed by atoms with van der Waals surface area (Å²) in [6, 6.07) is 13.9. The Hall–Kier alpha value is -3.41. The van der Waals surface area contributed by atoms with E-state index in [1.165, 1.54) is 0 Å². The number of methoxy groups -OCH3 is 1. The molecule has 0 bridgehead atoms. The highest BCUT2D eigenvalue weighted by atomic mass is 16.5. The second-order valence-electron chi connectivity index (χ2n) is 5.86. The summed E-state index contributed by atoms with van der Waals surface area (Å²) < 4.78 is 10.5. The van der Waals surface area contributed by atoms with Crippen molar-refractivity contribution in [3.63, 3.8) is 0 Å². The predicted octanol–water partition coefficient (Wildman–Crippen LogP) is 3.26. The molecular weight excluding hydrogens is 332 g/mol. The van der Waals surface area contributed by atoms with Crippen LogP contribution in [0.15, 0.2) is 62.8 Å². The minimum absolute atomic E-state index is 0.273. The Balaban J connectivity index is 1.88. The lowest BCUT2D eigenvalue weighted by atomic mass is 10.1. The van der Waals surface area contributed by atoms with Crippen LogP contribution in [0, 0.1) is 6.92 Å². The fourth-order valence-electron chi connectivity index (χ4n) is 2.45. The van der Waals surface area contributed by atoms with E-state index in [1.807, 2.05) is 19.1 Å². The van der Waals surface area contributed by atoms with E-state index in [2.05, 4.69) is 10.5 Å². The molecule has 6 heteroatoms. The highest BCUT2D eigenvalue weighted by molar-refractivity contribution is 6.02. The highest BCUT2D eigenvalue weighted by Crippen LogP contribution is 2.20. The molecule has 0 fully saturated rings. The number of aryl methyl sites for hydroxylation is 1. The first-order valence-electron chi connectivity index (χ1n) is 8.01. The summed E-state index contributed by atoms with van der Waals surface area (Å²) in [6.07, 6.45) is 0. The number of hydrogen-bond donors (Lipinski definition) is 1. The third kappa shape index (κ3) is 3.64. The number of benzene rings is 2. The van der Waals surface area contributed by atoms with Gasteiger partial charge in [-0.25, -0.2) is 10.2 Å². The van der Waals surface area contributed by atoms with Crippen molar-refractivity contribution in [1.82, 2.24) is 5.43 Å². The van der Waals surface area contributed by atoms with Gasteiger partial charge in [-0.05, 0) is 50.2 Å². The van der Waals surface area contributed by atoms with Gasteiger partial charge in [0.25, 0.3) is 5.91 Å². The Morgan fingerprint density at radius 3 is 2.54 bits per heavy atom. The van der Waals surface area contributed by atoms with Crippen molar-refractivity contribution in [3.05, 3.63) is 75.6 Å². The summed E-state index contributed by atoms with van der Waals surface area (Å²) in [5.74, 6) is 0.302. The Morgan fingerprint density at radius 2 is 1.85 bits per heavy atom. The molecule has 0 atom stereocenters. The molecule has 0 aliphatic heterocycles. The number of amides is 1. The molecule has 0 aliphatic rings. The zero-order chi connectivity index (χ0) is 18.7. The van der Waals surface area contributed by atoms with E-state index >= 15 is 0 Å². The van der Waals surface area contributed by atoms with Crippen molar-refractivity contribution >= 4 is 22.6 Å². The van der Waals surface area contributed by atoms with E-state index in [1.54, 1.807) is 50.4 Å². The molecule has 0 aliphatic carbocycles. The first-order valence-corrected chi connectivity index (χ1v) is 8.01. The van der Waals surface area contributed by atoms with Gasteiger partial charge in [-0.15, -0.1) is 0 Å². The number of hydrazone groups is 1. The van der Waals surface area contributed by atoms with Gasteiger partial charge in [0.1, 0.15) is 11.3 Å². The van der Waals surface area contributed by atoms with Crippen LogP contribution >= 0.6 is 0 Å². The molecular formula is C20H18N2O4. The highest BCUT2D eigenvalue weighted by Gasteiger charge is 2.10. The zero-order valence-corrected chi connectivity index (χ0v) is 14.7. The summed E-state index contributed by atoms with van der Waals surface area (Å²) in [5, 5.41) is 4.74. The molecule has 0 spiro atoms. The summed E-state index contributed by atoms with van der Waals surface area (Å²) in [4.78, 5) is 24.3. The van der Waals surface area contributed by atoms with Gasteiger partial charge in [0, 0.05) is 10.9 Å². The summed E-state index contributed by atoms with van der Waals surface area (Å²) in [5.41, 5.74) is 4.57. The smallest absolute Gasteiger partial charge is 0.345 e. The molecule has 3 rings (SSSR count). The molecule has 0 radical (unpaired) electrons. The quantitative estimate of drug-likeness (QED) is 0.445. The first kappa shape index (κ1) is 17.4. The van der Waals surface area contributed by atoms with Gasteiger partial charge in [0.15, 0.2) is 0 Å². The van der Waals surface area contributed by atoms with Crippen molar-refractivity contribution in [1.29, 1.82) is 0 Å². The van der Waals surface area contributed by atoms with Crippen LogP contribution in [0.5, 0.6) is 5.75 Å². The molecule has 1 aromatic heterocycles. The minimum atomic E-state index is -0.520. The normalized spacial score (nSPS) is 11.4. The first-order chi connectivity index (χ1) is 12.5. The number of fused-ring (bicyclic) bond motifs is 1. The van der Waals surface area contributed by atoms with E-state index in [9.17, 15) is 9.59 Å². The lowest BCUT2D eigenvalue weighted by Gasteiger charge is -2.05. The molecule has 1 amide bonds. The lowest BCUT2D eigenvalue weighted by molar-refractivity contribution is 0.0955. The summed E-state index contributed by atoms with van der Waals surface area (Å²) in [7, 11) is 1.56. The van der Waals surface area contributed by atoms with Crippen LogP contribution in [0.1, 0.15) is 28.4 Å². The second-order valence-corrected chi connectivity index (χ2v) is 5.86. The van der Waals surface area contributed by atoms with Gasteiger partial charge in [0.2, 0.25) is 0 Å². The molecule has 6 nitrogen and oxygen atoms in total. The van der Waals surface area contributed by atoms with Gasteiger partial charge in [-0.1, -0.05) is 17.7 Å². The number of hydrogen-bond acceptors (Lipinski definition) is 5. The van der Waals surface area contributed by atoms with Gasteiger partial charge >= 0.3 is 5.63 Å². The Morgan fingerprint density at radius 1 is 1.12 bits per heavy atom. The third-order valence-electron chi connectivity index (χ3n) is 3.97. The van der Waals surface area contributed by atoms with Crippen molar-refractivity contribution in [3.8, 4) is 5.75 Å². The van der Waals surface area contributed by atoms with Gasteiger partial charge < -0.3 is 9.15 Å². The molecule has 1 N–H and O–H groups in total. The molecule has 1 heterocycles. The molecule has 0 unspecified atom stereocenters. The van der Waals surface area contributed by atoms with Crippen LogP contribution in [-0.2, 0) is 0 Å². The lowest BCUT2D eigenvalue weighted by Crippen LogP contribution is -2.21. The number of nitrogens with zero attached hydrogens (tertiary/aromatic N) is 1. The minimum Gasteiger partial charge on any atom is -0.497 e. The molecule has 26 heavy (non-hydrogen) atoms. The fourth-order valence-corrected chi connectivity index (χ4v) is 2.45. The topological polar surface area (TPSA) is 80.9 Å². The maximum Gasteiger partial charge on any atom is 0.345 e. The maximum absolute atomic E-state index is 12.2. The molecule has 0 saturated heterocycles. The SMILES string of the molecule is COc1ccc2oc(=O)c(/C(C)=N\NC(=O)c3ccc(C)cc3)cc2c1. The number of ether oxygens (including phenoxy) is 1. The zero-order valence-electron chi connectivity index (χ0n) is 14.7. The Kier molecular flexibility index (Phi) is 4.84. The fraction of sp³-hybridized carbons (Fsp3) is 0.150. The van der Waals surface area contributed by atoms with Crippen LogP contribution in [-0.4, -0.2) is 18.7 Å². The second kappa shape index (κ2) is 7.23. The van der Waals surface area contributed by atoms with Crippen molar-refractivity contribution in [2.45, 2.75) is 13.8 Å². The predicted molar refractivity (Wildman–Crippen MR) is 99.9 cm³/mol. The van der Waals surface area contributed by atoms with E-state index in [-0.39, 0.29) is 11.5 Å². The standard InChI is InChI=1S/C20H18N2O4/c1-12-4-6-14(7-5-12)19(23)22-21-13(2)17-11-15-10-16(25-3)8-9-18(15)26-20(17)24/h4-11H,1-3H3,(H,22,23)/b21-13-. The summed E-state index contributed by atoms with van der Waals surface area (Å²) in [6.45, 7) is 3.58. The van der Waals surface area contributed by atoms with Crippen LogP contribution in [0.25, 0.3) is 11.0 Å². The van der Waals surface area contributed by atoms with Crippen molar-refractivity contribution < 1.29 is 13.9 Å². The van der Waals surface area contributed by atoms with Crippen molar-refractivity contribution in [2.75, 3.05) is 7.11 Å². The van der Waals surface area contributed by atoms with E-state index in [4.69, 9.17) is 9.15 Å². The van der Waals surface area contributed by atoms with E-state index in [0.717, 1.165) is 5.56 Å². The monoisotopic (exact) mass is 350 g/mol. The molecule has 0 saturated carbocycles. The van der Waals surface area contributed by atoms with E-state index < -0.39 is 5.63 Å². The molecule has 2 aromatic carbocycles. The third-order valence-corrected chi connectivity index (χ3v) is 3.97. The van der Waals surface area contributed by atoms with Crippen LogP contribution < -0.4 is 15.8 Å². The van der Waals surface area contributed by atoms with Gasteiger partial charge in [-0.3, -0.25) is 4.79 Å². The summed E-state index contributed by atoms with van der Waals surface area (Å²) >= 11 is 0. The number of rotatable bonds is 4. The average molecular weight is 350 g/mol. The largest absolute Gasteiger partial charge is 0.497 e. The van der Waals surface area contributed by atoms with E-state index in [0.29, 0.717) is 28.0 Å². The maximum atomic E-state index is 12.2. The molecule has 3 aromatic rings. The van der Waals surface area contributed by atoms with Crippen LogP contribution in [0.2, 0.25) is 0 Å². The number of carbonyl (C=O) groups excluding carboxylic acids is 1. The van der Waals surface area contributed by atoms with Crippen LogP contribution in [0.3, 0.4) is 0 Å².